The Kier molecular flexibility index (Phi) is 8.58. The molecule has 132 valence electrons. The second-order valence-corrected chi connectivity index (χ2v) is 5.78. The first-order valence-corrected chi connectivity index (χ1v) is 8.12. The molecule has 0 aromatic heterocycles. The molecule has 0 aromatic carbocycles. The van der Waals surface area contributed by atoms with E-state index in [2.05, 4.69) is 5.32 Å². The lowest BCUT2D eigenvalue weighted by Gasteiger charge is -2.26. The Morgan fingerprint density at radius 2 is 2.00 bits per heavy atom. The third-order valence-electron chi connectivity index (χ3n) is 3.84. The summed E-state index contributed by atoms with van der Waals surface area (Å²) in [5.74, 6) is -0.603. The van der Waals surface area contributed by atoms with Crippen LogP contribution in [0, 0.1) is 0 Å². The molecule has 0 aromatic rings. The van der Waals surface area contributed by atoms with Crippen LogP contribution in [0.4, 0.5) is 0 Å². The molecule has 8 heteroatoms. The van der Waals surface area contributed by atoms with Gasteiger partial charge >= 0.3 is 5.97 Å². The number of hydrogen-bond acceptors (Lipinski definition) is 6. The summed E-state index contributed by atoms with van der Waals surface area (Å²) in [7, 11) is 5.05. The van der Waals surface area contributed by atoms with Gasteiger partial charge in [0.15, 0.2) is 6.10 Å². The molecule has 0 saturated carbocycles. The molecule has 5 atom stereocenters. The number of esters is 1. The molecule has 0 radical (unpaired) electrons. The molecule has 1 aliphatic rings. The van der Waals surface area contributed by atoms with Crippen LogP contribution in [-0.4, -0.2) is 70.9 Å². The van der Waals surface area contributed by atoms with Crippen molar-refractivity contribution in [2.45, 2.75) is 63.5 Å². The maximum Gasteiger partial charge on any atom is 0.306 e. The van der Waals surface area contributed by atoms with E-state index in [1.807, 2.05) is 21.7 Å². The number of carbonyl (C=O) groups excluding carboxylic acids is 2. The van der Waals surface area contributed by atoms with Crippen LogP contribution < -0.4 is 5.32 Å². The van der Waals surface area contributed by atoms with E-state index in [4.69, 9.17) is 18.9 Å². The van der Waals surface area contributed by atoms with Gasteiger partial charge < -0.3 is 24.3 Å². The fourth-order valence-electron chi connectivity index (χ4n) is 2.66. The van der Waals surface area contributed by atoms with Gasteiger partial charge in [0, 0.05) is 20.6 Å². The van der Waals surface area contributed by atoms with Gasteiger partial charge in [-0.05, 0) is 13.3 Å². The van der Waals surface area contributed by atoms with E-state index >= 15 is 0 Å². The number of carbonyl (C=O) groups is 2. The van der Waals surface area contributed by atoms with Crippen molar-refractivity contribution in [1.82, 2.24) is 5.32 Å². The van der Waals surface area contributed by atoms with Crippen molar-refractivity contribution in [3.63, 3.8) is 0 Å². The van der Waals surface area contributed by atoms with Crippen LogP contribution in [0.25, 0.3) is 0 Å². The van der Waals surface area contributed by atoms with Gasteiger partial charge in [-0.1, -0.05) is 6.92 Å². The minimum absolute atomic E-state index is 0.0430. The number of methoxy groups -OCH3 is 1. The summed E-state index contributed by atoms with van der Waals surface area (Å²) in [6.45, 7) is 4.33. The molecule has 0 spiro atoms. The molecule has 0 bridgehead atoms. The number of amides is 1. The van der Waals surface area contributed by atoms with Gasteiger partial charge in [0.05, 0.1) is 31.2 Å². The van der Waals surface area contributed by atoms with Crippen molar-refractivity contribution in [1.29, 1.82) is 0 Å². The van der Waals surface area contributed by atoms with E-state index in [9.17, 15) is 9.59 Å². The Morgan fingerprint density at radius 3 is 2.57 bits per heavy atom. The fraction of sp³-hybridized carbons (Fsp3) is 0.867. The first-order chi connectivity index (χ1) is 10.9. The topological polar surface area (TPSA) is 83.1 Å². The molecule has 1 amide bonds. The molecule has 23 heavy (non-hydrogen) atoms. The minimum Gasteiger partial charge on any atom is -0.457 e. The molecule has 1 fully saturated rings. The average Bonchev–Trinajstić information content (AvgIpc) is 2.81. The maximum atomic E-state index is 12.0. The predicted octanol–water partition coefficient (Wildman–Crippen LogP) is -0.387. The molecule has 7 nitrogen and oxygen atoms in total. The highest BCUT2D eigenvalue weighted by atomic mass is 16.6. The molecule has 0 aliphatic carbocycles. The zero-order chi connectivity index (χ0) is 17.4. The lowest BCUT2D eigenvalue weighted by Crippen LogP contribution is -2.41. The highest BCUT2D eigenvalue weighted by Gasteiger charge is 2.45. The molecule has 1 saturated heterocycles. The molecular formula is C15H28BNO6. The van der Waals surface area contributed by atoms with Crippen molar-refractivity contribution in [2.24, 2.45) is 0 Å². The first kappa shape index (κ1) is 19.9. The van der Waals surface area contributed by atoms with Crippen molar-refractivity contribution in [3.05, 3.63) is 0 Å². The Balaban J connectivity index is 2.64. The van der Waals surface area contributed by atoms with Gasteiger partial charge in [-0.15, -0.1) is 0 Å². The second kappa shape index (κ2) is 9.90. The van der Waals surface area contributed by atoms with Crippen LogP contribution in [0.15, 0.2) is 0 Å². The Hall–Kier alpha value is -1.12. The van der Waals surface area contributed by atoms with E-state index < -0.39 is 12.1 Å². The van der Waals surface area contributed by atoms with E-state index in [0.29, 0.717) is 6.61 Å². The van der Waals surface area contributed by atoms with Crippen LogP contribution in [0.5, 0.6) is 0 Å². The fourth-order valence-corrected chi connectivity index (χ4v) is 2.66. The largest absolute Gasteiger partial charge is 0.457 e. The third kappa shape index (κ3) is 6.12. The summed E-state index contributed by atoms with van der Waals surface area (Å²) in [5, 5.41) is 2.48. The number of rotatable bonds is 9. The van der Waals surface area contributed by atoms with Crippen molar-refractivity contribution in [3.8, 4) is 0 Å². The summed E-state index contributed by atoms with van der Waals surface area (Å²) >= 11 is 0. The second-order valence-electron chi connectivity index (χ2n) is 5.78. The molecule has 1 heterocycles. The SMILES string of the molecule is B[C@@H]1O[C@H](CC)[C@H](OC(=O)CCC(=O)NC)C1OC(C)COC. The van der Waals surface area contributed by atoms with Crippen LogP contribution in [0.1, 0.15) is 33.1 Å². The number of ether oxygens (including phenoxy) is 4. The zero-order valence-corrected chi connectivity index (χ0v) is 14.7. The van der Waals surface area contributed by atoms with Crippen LogP contribution in [0.3, 0.4) is 0 Å². The van der Waals surface area contributed by atoms with Crippen LogP contribution in [0.2, 0.25) is 0 Å². The van der Waals surface area contributed by atoms with E-state index in [-0.39, 0.29) is 43.1 Å². The monoisotopic (exact) mass is 329 g/mol. The van der Waals surface area contributed by atoms with Crippen molar-refractivity contribution >= 4 is 19.7 Å². The summed E-state index contributed by atoms with van der Waals surface area (Å²) in [6.07, 6.45) is -0.258. The molecular weight excluding hydrogens is 301 g/mol. The van der Waals surface area contributed by atoms with E-state index in [1.165, 1.54) is 7.05 Å². The average molecular weight is 329 g/mol. The third-order valence-corrected chi connectivity index (χ3v) is 3.84. The van der Waals surface area contributed by atoms with Crippen LogP contribution >= 0.6 is 0 Å². The Bertz CT molecular complexity index is 394. The minimum atomic E-state index is -0.466. The lowest BCUT2D eigenvalue weighted by atomic mass is 9.92. The van der Waals surface area contributed by atoms with E-state index in [1.54, 1.807) is 7.11 Å². The molecule has 2 unspecified atom stereocenters. The number of nitrogens with one attached hydrogen (secondary N) is 1. The molecule has 1 aliphatic heterocycles. The van der Waals surface area contributed by atoms with Gasteiger partial charge in [-0.2, -0.15) is 0 Å². The zero-order valence-electron chi connectivity index (χ0n) is 14.7. The van der Waals surface area contributed by atoms with Gasteiger partial charge in [0.1, 0.15) is 14.0 Å². The van der Waals surface area contributed by atoms with Crippen molar-refractivity contribution in [2.75, 3.05) is 20.8 Å². The Morgan fingerprint density at radius 1 is 1.30 bits per heavy atom. The molecule has 1 N–H and O–H groups in total. The van der Waals surface area contributed by atoms with E-state index in [0.717, 1.165) is 6.42 Å². The summed E-state index contributed by atoms with van der Waals surface area (Å²) in [4.78, 5) is 23.2. The standard InChI is InChI=1S/C15H28BNO6/c1-5-10-13(23-12(19)7-6-11(18)17-3)14(15(16)22-10)21-9(2)8-20-4/h9-10,13-15H,5-8,16H2,1-4H3,(H,17,18)/t9?,10-,13+,14?,15-/m1/s1. The quantitative estimate of drug-likeness (QED) is 0.458. The first-order valence-electron chi connectivity index (χ1n) is 8.12. The van der Waals surface area contributed by atoms with Gasteiger partial charge in [-0.25, -0.2) is 0 Å². The highest BCUT2D eigenvalue weighted by molar-refractivity contribution is 6.11. The summed E-state index contributed by atoms with van der Waals surface area (Å²) < 4.78 is 22.4. The molecule has 1 rings (SSSR count). The maximum absolute atomic E-state index is 12.0. The van der Waals surface area contributed by atoms with Gasteiger partial charge in [0.2, 0.25) is 5.91 Å². The summed E-state index contributed by atoms with van der Waals surface area (Å²) in [5.41, 5.74) is 0. The Labute approximate surface area is 138 Å². The number of hydrogen-bond donors (Lipinski definition) is 1. The smallest absolute Gasteiger partial charge is 0.306 e. The normalized spacial score (nSPS) is 28.3. The van der Waals surface area contributed by atoms with Gasteiger partial charge in [-0.3, -0.25) is 9.59 Å². The lowest BCUT2D eigenvalue weighted by molar-refractivity contribution is -0.161. The van der Waals surface area contributed by atoms with Crippen molar-refractivity contribution < 1.29 is 28.5 Å². The van der Waals surface area contributed by atoms with Crippen LogP contribution in [-0.2, 0) is 28.5 Å². The summed E-state index contributed by atoms with van der Waals surface area (Å²) in [6, 6.07) is -0.170. The highest BCUT2D eigenvalue weighted by Crippen LogP contribution is 2.28. The van der Waals surface area contributed by atoms with Gasteiger partial charge in [0.25, 0.3) is 0 Å². The predicted molar refractivity (Wildman–Crippen MR) is 86.9 cm³/mol.